The van der Waals surface area contributed by atoms with Crippen molar-refractivity contribution in [3.05, 3.63) is 32.9 Å². The van der Waals surface area contributed by atoms with Crippen molar-refractivity contribution in [1.29, 1.82) is 0 Å². The maximum atomic E-state index is 11.7. The lowest BCUT2D eigenvalue weighted by Gasteiger charge is -2.07. The molecule has 1 aromatic rings. The molecule has 0 heterocycles. The minimum atomic E-state index is -0.0415. The van der Waals surface area contributed by atoms with Crippen molar-refractivity contribution >= 4 is 28.5 Å². The first-order chi connectivity index (χ1) is 7.15. The van der Waals surface area contributed by atoms with Gasteiger partial charge in [0.15, 0.2) is 0 Å². The van der Waals surface area contributed by atoms with Crippen LogP contribution in [0.2, 0.25) is 0 Å². The molecule has 1 amide bonds. The molecule has 0 aliphatic rings. The van der Waals surface area contributed by atoms with E-state index in [4.69, 9.17) is 4.74 Å². The van der Waals surface area contributed by atoms with E-state index in [1.54, 1.807) is 7.11 Å². The average Bonchev–Trinajstić information content (AvgIpc) is 2.22. The van der Waals surface area contributed by atoms with Crippen molar-refractivity contribution < 1.29 is 9.53 Å². The van der Waals surface area contributed by atoms with Gasteiger partial charge in [0, 0.05) is 17.2 Å². The first-order valence-electron chi connectivity index (χ1n) is 4.68. The summed E-state index contributed by atoms with van der Waals surface area (Å²) in [6, 6.07) is 5.83. The van der Waals surface area contributed by atoms with Crippen molar-refractivity contribution in [2.24, 2.45) is 0 Å². The highest BCUT2D eigenvalue weighted by atomic mass is 127. The number of amides is 1. The molecule has 1 rings (SSSR count). The smallest absolute Gasteiger partial charge is 0.252 e. The Kier molecular flexibility index (Phi) is 5.04. The molecule has 0 fully saturated rings. The van der Waals surface area contributed by atoms with Gasteiger partial charge in [-0.2, -0.15) is 0 Å². The van der Waals surface area contributed by atoms with Gasteiger partial charge in [0.1, 0.15) is 0 Å². The zero-order chi connectivity index (χ0) is 11.3. The minimum Gasteiger partial charge on any atom is -0.383 e. The van der Waals surface area contributed by atoms with Crippen molar-refractivity contribution in [3.8, 4) is 0 Å². The summed E-state index contributed by atoms with van der Waals surface area (Å²) in [6.45, 7) is 3.05. The van der Waals surface area contributed by atoms with Gasteiger partial charge in [-0.15, -0.1) is 0 Å². The van der Waals surface area contributed by atoms with E-state index in [2.05, 4.69) is 27.9 Å². The average molecular weight is 319 g/mol. The number of halogens is 1. The normalized spacial score (nSPS) is 10.1. The molecule has 82 valence electrons. The summed E-state index contributed by atoms with van der Waals surface area (Å²) in [5.41, 5.74) is 1.82. The van der Waals surface area contributed by atoms with Crippen LogP contribution >= 0.6 is 22.6 Å². The molecule has 0 saturated carbocycles. The molecule has 4 heteroatoms. The fourth-order valence-electron chi connectivity index (χ4n) is 1.17. The third-order valence-electron chi connectivity index (χ3n) is 1.96. The van der Waals surface area contributed by atoms with Gasteiger partial charge in [-0.1, -0.05) is 11.6 Å². The third kappa shape index (κ3) is 3.79. The van der Waals surface area contributed by atoms with Gasteiger partial charge in [0.05, 0.1) is 12.2 Å². The lowest BCUT2D eigenvalue weighted by molar-refractivity contribution is 0.0936. The fourth-order valence-corrected chi connectivity index (χ4v) is 1.76. The second kappa shape index (κ2) is 6.07. The molecule has 15 heavy (non-hydrogen) atoms. The Morgan fingerprint density at radius 1 is 1.53 bits per heavy atom. The SMILES string of the molecule is COCCNC(=O)c1cc(C)ccc1I. The van der Waals surface area contributed by atoms with E-state index in [-0.39, 0.29) is 5.91 Å². The van der Waals surface area contributed by atoms with Crippen LogP contribution in [0.5, 0.6) is 0 Å². The minimum absolute atomic E-state index is 0.0415. The summed E-state index contributed by atoms with van der Waals surface area (Å²) in [6.07, 6.45) is 0. The third-order valence-corrected chi connectivity index (χ3v) is 2.90. The molecular weight excluding hydrogens is 305 g/mol. The molecule has 0 radical (unpaired) electrons. The van der Waals surface area contributed by atoms with E-state index in [0.29, 0.717) is 13.2 Å². The molecule has 1 aromatic carbocycles. The van der Waals surface area contributed by atoms with Crippen molar-refractivity contribution in [2.45, 2.75) is 6.92 Å². The topological polar surface area (TPSA) is 38.3 Å². The number of carbonyl (C=O) groups excluding carboxylic acids is 1. The largest absolute Gasteiger partial charge is 0.383 e. The Morgan fingerprint density at radius 2 is 2.27 bits per heavy atom. The van der Waals surface area contributed by atoms with Gasteiger partial charge in [-0.25, -0.2) is 0 Å². The molecule has 3 nitrogen and oxygen atoms in total. The number of hydrogen-bond acceptors (Lipinski definition) is 2. The molecule has 0 bridgehead atoms. The Balaban J connectivity index is 2.68. The first kappa shape index (κ1) is 12.4. The van der Waals surface area contributed by atoms with Crippen molar-refractivity contribution in [1.82, 2.24) is 5.32 Å². The highest BCUT2D eigenvalue weighted by molar-refractivity contribution is 14.1. The van der Waals surface area contributed by atoms with Gasteiger partial charge in [0.25, 0.3) is 5.91 Å². The monoisotopic (exact) mass is 319 g/mol. The molecule has 0 spiro atoms. The van der Waals surface area contributed by atoms with Gasteiger partial charge in [-0.05, 0) is 41.6 Å². The number of rotatable bonds is 4. The van der Waals surface area contributed by atoms with Crippen LogP contribution in [-0.4, -0.2) is 26.2 Å². The van der Waals surface area contributed by atoms with Crippen LogP contribution in [0.15, 0.2) is 18.2 Å². The lowest BCUT2D eigenvalue weighted by Crippen LogP contribution is -2.27. The number of carbonyl (C=O) groups is 1. The van der Waals surface area contributed by atoms with Crippen LogP contribution in [0.4, 0.5) is 0 Å². The molecule has 1 N–H and O–H groups in total. The maximum absolute atomic E-state index is 11.7. The van der Waals surface area contributed by atoms with Gasteiger partial charge in [0.2, 0.25) is 0 Å². The number of benzene rings is 1. The van der Waals surface area contributed by atoms with Gasteiger partial charge in [-0.3, -0.25) is 4.79 Å². The Labute approximate surface area is 103 Å². The summed E-state index contributed by atoms with van der Waals surface area (Å²) >= 11 is 2.16. The van der Waals surface area contributed by atoms with E-state index in [9.17, 15) is 4.79 Å². The quantitative estimate of drug-likeness (QED) is 0.681. The first-order valence-corrected chi connectivity index (χ1v) is 5.76. The lowest BCUT2D eigenvalue weighted by atomic mass is 10.1. The number of hydrogen-bond donors (Lipinski definition) is 1. The van der Waals surface area contributed by atoms with Crippen LogP contribution in [-0.2, 0) is 4.74 Å². The summed E-state index contributed by atoms with van der Waals surface area (Å²) in [7, 11) is 1.61. The second-order valence-corrected chi connectivity index (χ2v) is 4.39. The second-order valence-electron chi connectivity index (χ2n) is 3.23. The predicted octanol–water partition coefficient (Wildman–Crippen LogP) is 1.98. The number of ether oxygens (including phenoxy) is 1. The Morgan fingerprint density at radius 3 is 2.93 bits per heavy atom. The summed E-state index contributed by atoms with van der Waals surface area (Å²) in [4.78, 5) is 11.7. The standard InChI is InChI=1S/C11H14INO2/c1-8-3-4-10(12)9(7-8)11(14)13-5-6-15-2/h3-4,7H,5-6H2,1-2H3,(H,13,14). The van der Waals surface area contributed by atoms with Gasteiger partial charge < -0.3 is 10.1 Å². The Hall–Kier alpha value is -0.620. The summed E-state index contributed by atoms with van der Waals surface area (Å²) < 4.78 is 5.83. The van der Waals surface area contributed by atoms with Crippen LogP contribution < -0.4 is 5.32 Å². The summed E-state index contributed by atoms with van der Waals surface area (Å²) in [5, 5.41) is 2.80. The summed E-state index contributed by atoms with van der Waals surface area (Å²) in [5.74, 6) is -0.0415. The predicted molar refractivity (Wildman–Crippen MR) is 68.1 cm³/mol. The zero-order valence-corrected chi connectivity index (χ0v) is 11.0. The van der Waals surface area contributed by atoms with E-state index in [0.717, 1.165) is 14.7 Å². The fraction of sp³-hybridized carbons (Fsp3) is 0.364. The van der Waals surface area contributed by atoms with Crippen molar-refractivity contribution in [2.75, 3.05) is 20.3 Å². The van der Waals surface area contributed by atoms with E-state index in [1.807, 2.05) is 25.1 Å². The highest BCUT2D eigenvalue weighted by Gasteiger charge is 2.08. The highest BCUT2D eigenvalue weighted by Crippen LogP contribution is 2.13. The number of aryl methyl sites for hydroxylation is 1. The van der Waals surface area contributed by atoms with Crippen molar-refractivity contribution in [3.63, 3.8) is 0 Å². The van der Waals surface area contributed by atoms with Crippen LogP contribution in [0.1, 0.15) is 15.9 Å². The maximum Gasteiger partial charge on any atom is 0.252 e. The molecule has 0 aliphatic heterocycles. The van der Waals surface area contributed by atoms with Crippen LogP contribution in [0.25, 0.3) is 0 Å². The van der Waals surface area contributed by atoms with E-state index >= 15 is 0 Å². The molecule has 0 atom stereocenters. The Bertz CT molecular complexity index is 352. The molecular formula is C11H14INO2. The molecule has 0 aromatic heterocycles. The van der Waals surface area contributed by atoms with Gasteiger partial charge >= 0.3 is 0 Å². The molecule has 0 aliphatic carbocycles. The number of nitrogens with one attached hydrogen (secondary N) is 1. The van der Waals surface area contributed by atoms with Crippen LogP contribution in [0, 0.1) is 10.5 Å². The zero-order valence-electron chi connectivity index (χ0n) is 8.84. The van der Waals surface area contributed by atoms with E-state index < -0.39 is 0 Å². The van der Waals surface area contributed by atoms with Crippen LogP contribution in [0.3, 0.4) is 0 Å². The number of methoxy groups -OCH3 is 1. The van der Waals surface area contributed by atoms with E-state index in [1.165, 1.54) is 0 Å². The molecule has 0 unspecified atom stereocenters. The molecule has 0 saturated heterocycles.